The van der Waals surface area contributed by atoms with Gasteiger partial charge in [-0.15, -0.1) is 0 Å². The minimum Gasteiger partial charge on any atom is -0.396 e. The molecule has 2 N–H and O–H groups in total. The summed E-state index contributed by atoms with van der Waals surface area (Å²) in [5, 5.41) is 0.579. The molecule has 0 saturated carbocycles. The number of para-hydroxylation sites is 1. The maximum atomic E-state index is 5.99. The molecule has 1 aromatic carbocycles. The normalized spacial score (nSPS) is 10.2. The number of rotatable bonds is 3. The van der Waals surface area contributed by atoms with E-state index in [1.807, 2.05) is 42.3 Å². The van der Waals surface area contributed by atoms with E-state index >= 15 is 0 Å². The van der Waals surface area contributed by atoms with Crippen LogP contribution in [0, 0.1) is 0 Å². The van der Waals surface area contributed by atoms with Crippen LogP contribution in [0.2, 0.25) is 5.02 Å². The SMILES string of the molecule is CN(Cc1ccccn1)c1cccc(Cl)c1N. The molecule has 0 atom stereocenters. The molecule has 1 aromatic heterocycles. The minimum absolute atomic E-state index is 0.579. The van der Waals surface area contributed by atoms with Gasteiger partial charge in [0.1, 0.15) is 0 Å². The Bertz CT molecular complexity index is 499. The van der Waals surface area contributed by atoms with Crippen molar-refractivity contribution in [1.29, 1.82) is 0 Å². The van der Waals surface area contributed by atoms with E-state index in [4.69, 9.17) is 17.3 Å². The van der Waals surface area contributed by atoms with E-state index in [0.717, 1.165) is 11.4 Å². The summed E-state index contributed by atoms with van der Waals surface area (Å²) in [5.41, 5.74) is 8.46. The molecule has 0 bridgehead atoms. The third kappa shape index (κ3) is 2.68. The second kappa shape index (κ2) is 5.06. The van der Waals surface area contributed by atoms with Gasteiger partial charge < -0.3 is 10.6 Å². The van der Waals surface area contributed by atoms with Crippen molar-refractivity contribution in [2.24, 2.45) is 0 Å². The lowest BCUT2D eigenvalue weighted by Gasteiger charge is -2.21. The molecule has 2 rings (SSSR count). The van der Waals surface area contributed by atoms with Gasteiger partial charge in [0, 0.05) is 13.2 Å². The van der Waals surface area contributed by atoms with Gasteiger partial charge in [-0.25, -0.2) is 0 Å². The molecule has 2 aromatic rings. The van der Waals surface area contributed by atoms with Crippen LogP contribution in [0.15, 0.2) is 42.6 Å². The molecule has 88 valence electrons. The highest BCUT2D eigenvalue weighted by atomic mass is 35.5. The fraction of sp³-hybridized carbons (Fsp3) is 0.154. The molecule has 1 heterocycles. The van der Waals surface area contributed by atoms with Gasteiger partial charge in [0.15, 0.2) is 0 Å². The van der Waals surface area contributed by atoms with Crippen molar-refractivity contribution >= 4 is 23.0 Å². The number of anilines is 2. The maximum Gasteiger partial charge on any atom is 0.0741 e. The first-order valence-corrected chi connectivity index (χ1v) is 5.71. The topological polar surface area (TPSA) is 42.2 Å². The Hall–Kier alpha value is -1.74. The summed E-state index contributed by atoms with van der Waals surface area (Å²) in [6.45, 7) is 0.700. The van der Waals surface area contributed by atoms with Crippen LogP contribution >= 0.6 is 11.6 Å². The van der Waals surface area contributed by atoms with Gasteiger partial charge in [0.2, 0.25) is 0 Å². The molecule has 0 aliphatic carbocycles. The number of nitrogen functional groups attached to an aromatic ring is 1. The molecular formula is C13H14ClN3. The highest BCUT2D eigenvalue weighted by Gasteiger charge is 2.08. The van der Waals surface area contributed by atoms with E-state index < -0.39 is 0 Å². The number of hydrogen-bond donors (Lipinski definition) is 1. The van der Waals surface area contributed by atoms with E-state index in [9.17, 15) is 0 Å². The first-order chi connectivity index (χ1) is 8.18. The third-order valence-electron chi connectivity index (χ3n) is 2.57. The Morgan fingerprint density at radius 2 is 2.06 bits per heavy atom. The summed E-state index contributed by atoms with van der Waals surface area (Å²) in [7, 11) is 1.97. The Balaban J connectivity index is 2.20. The third-order valence-corrected chi connectivity index (χ3v) is 2.90. The number of benzene rings is 1. The average molecular weight is 248 g/mol. The number of aromatic nitrogens is 1. The molecular weight excluding hydrogens is 234 g/mol. The van der Waals surface area contributed by atoms with Crippen molar-refractivity contribution < 1.29 is 0 Å². The zero-order chi connectivity index (χ0) is 12.3. The molecule has 0 unspecified atom stereocenters. The second-order valence-electron chi connectivity index (χ2n) is 3.85. The van der Waals surface area contributed by atoms with Crippen LogP contribution < -0.4 is 10.6 Å². The van der Waals surface area contributed by atoms with Crippen molar-refractivity contribution in [2.75, 3.05) is 17.7 Å². The summed E-state index contributed by atoms with van der Waals surface area (Å²) in [4.78, 5) is 6.31. The fourth-order valence-corrected chi connectivity index (χ4v) is 1.85. The van der Waals surface area contributed by atoms with Gasteiger partial charge in [-0.1, -0.05) is 23.7 Å². The Morgan fingerprint density at radius 1 is 1.24 bits per heavy atom. The van der Waals surface area contributed by atoms with Gasteiger partial charge in [-0.05, 0) is 24.3 Å². The molecule has 3 nitrogen and oxygen atoms in total. The van der Waals surface area contributed by atoms with Crippen LogP contribution in [-0.4, -0.2) is 12.0 Å². The number of hydrogen-bond acceptors (Lipinski definition) is 3. The monoisotopic (exact) mass is 247 g/mol. The number of pyridine rings is 1. The Kier molecular flexibility index (Phi) is 3.49. The Morgan fingerprint density at radius 3 is 2.76 bits per heavy atom. The van der Waals surface area contributed by atoms with Crippen LogP contribution in [0.25, 0.3) is 0 Å². The van der Waals surface area contributed by atoms with E-state index in [2.05, 4.69) is 4.98 Å². The van der Waals surface area contributed by atoms with Crippen molar-refractivity contribution in [3.05, 3.63) is 53.3 Å². The molecule has 4 heteroatoms. The lowest BCUT2D eigenvalue weighted by Crippen LogP contribution is -2.18. The van der Waals surface area contributed by atoms with Crippen LogP contribution in [-0.2, 0) is 6.54 Å². The first kappa shape index (κ1) is 11.7. The number of nitrogens with zero attached hydrogens (tertiary/aromatic N) is 2. The van der Waals surface area contributed by atoms with Gasteiger partial charge >= 0.3 is 0 Å². The average Bonchev–Trinajstić information content (AvgIpc) is 2.34. The highest BCUT2D eigenvalue weighted by Crippen LogP contribution is 2.29. The lowest BCUT2D eigenvalue weighted by atomic mass is 10.2. The number of nitrogens with two attached hydrogens (primary N) is 1. The van der Waals surface area contributed by atoms with E-state index in [1.165, 1.54) is 0 Å². The molecule has 0 saturated heterocycles. The molecule has 0 amide bonds. The Labute approximate surface area is 106 Å². The van der Waals surface area contributed by atoms with Crippen LogP contribution in [0.3, 0.4) is 0 Å². The van der Waals surface area contributed by atoms with Crippen LogP contribution in [0.4, 0.5) is 11.4 Å². The largest absolute Gasteiger partial charge is 0.396 e. The molecule has 0 fully saturated rings. The lowest BCUT2D eigenvalue weighted by molar-refractivity contribution is 0.886. The first-order valence-electron chi connectivity index (χ1n) is 5.33. The zero-order valence-corrected chi connectivity index (χ0v) is 10.4. The zero-order valence-electron chi connectivity index (χ0n) is 9.60. The van der Waals surface area contributed by atoms with Crippen molar-refractivity contribution in [3.63, 3.8) is 0 Å². The second-order valence-corrected chi connectivity index (χ2v) is 4.26. The smallest absolute Gasteiger partial charge is 0.0741 e. The predicted octanol–water partition coefficient (Wildman–Crippen LogP) is 2.95. The molecule has 0 radical (unpaired) electrons. The fourth-order valence-electron chi connectivity index (χ4n) is 1.68. The van der Waals surface area contributed by atoms with E-state index in [0.29, 0.717) is 17.3 Å². The van der Waals surface area contributed by atoms with Crippen molar-refractivity contribution in [1.82, 2.24) is 4.98 Å². The number of halogens is 1. The summed E-state index contributed by atoms with van der Waals surface area (Å²) >= 11 is 5.99. The summed E-state index contributed by atoms with van der Waals surface area (Å²) < 4.78 is 0. The highest BCUT2D eigenvalue weighted by molar-refractivity contribution is 6.33. The van der Waals surface area contributed by atoms with Crippen molar-refractivity contribution in [2.45, 2.75) is 6.54 Å². The molecule has 0 aliphatic rings. The van der Waals surface area contributed by atoms with E-state index in [1.54, 1.807) is 12.3 Å². The minimum atomic E-state index is 0.579. The molecule has 0 aliphatic heterocycles. The van der Waals surface area contributed by atoms with Gasteiger partial charge in [-0.2, -0.15) is 0 Å². The van der Waals surface area contributed by atoms with Gasteiger partial charge in [0.25, 0.3) is 0 Å². The standard InChI is InChI=1S/C13H14ClN3/c1-17(9-10-5-2-3-8-16-10)12-7-4-6-11(14)13(12)15/h2-8H,9,15H2,1H3. The molecule has 17 heavy (non-hydrogen) atoms. The van der Waals surface area contributed by atoms with Gasteiger partial charge in [-0.3, -0.25) is 4.98 Å². The van der Waals surface area contributed by atoms with Crippen molar-refractivity contribution in [3.8, 4) is 0 Å². The van der Waals surface area contributed by atoms with Crippen LogP contribution in [0.1, 0.15) is 5.69 Å². The molecule has 0 spiro atoms. The summed E-state index contributed by atoms with van der Waals surface area (Å²) in [5.74, 6) is 0. The van der Waals surface area contributed by atoms with Gasteiger partial charge in [0.05, 0.1) is 28.6 Å². The quantitative estimate of drug-likeness (QED) is 0.848. The van der Waals surface area contributed by atoms with E-state index in [-0.39, 0.29) is 0 Å². The van der Waals surface area contributed by atoms with Crippen LogP contribution in [0.5, 0.6) is 0 Å². The summed E-state index contributed by atoms with van der Waals surface area (Å²) in [6, 6.07) is 11.5. The summed E-state index contributed by atoms with van der Waals surface area (Å²) in [6.07, 6.45) is 1.78. The maximum absolute atomic E-state index is 5.99. The predicted molar refractivity (Wildman–Crippen MR) is 72.2 cm³/mol.